The molecule has 0 spiro atoms. The van der Waals surface area contributed by atoms with Gasteiger partial charge in [0.15, 0.2) is 5.16 Å². The summed E-state index contributed by atoms with van der Waals surface area (Å²) in [6.45, 7) is 2.59. The predicted molar refractivity (Wildman–Crippen MR) is 107 cm³/mol. The molecule has 26 heavy (non-hydrogen) atoms. The highest BCUT2D eigenvalue weighted by molar-refractivity contribution is 7.99. The zero-order valence-electron chi connectivity index (χ0n) is 14.5. The van der Waals surface area contributed by atoms with E-state index in [-0.39, 0.29) is 17.2 Å². The van der Waals surface area contributed by atoms with Gasteiger partial charge in [0.25, 0.3) is 5.56 Å². The molecule has 2 heterocycles. The van der Waals surface area contributed by atoms with Crippen molar-refractivity contribution in [2.75, 3.05) is 18.2 Å². The van der Waals surface area contributed by atoms with E-state index in [0.29, 0.717) is 33.4 Å². The molecule has 0 unspecified atom stereocenters. The molecule has 3 aromatic rings. The van der Waals surface area contributed by atoms with E-state index in [1.165, 1.54) is 23.1 Å². The molecule has 0 aliphatic carbocycles. The van der Waals surface area contributed by atoms with Gasteiger partial charge >= 0.3 is 0 Å². The monoisotopic (exact) mass is 389 g/mol. The van der Waals surface area contributed by atoms with Crippen molar-refractivity contribution in [1.82, 2.24) is 9.55 Å². The van der Waals surface area contributed by atoms with Crippen LogP contribution in [0.25, 0.3) is 10.2 Å². The van der Waals surface area contributed by atoms with Gasteiger partial charge in [-0.1, -0.05) is 24.8 Å². The van der Waals surface area contributed by atoms with E-state index in [2.05, 4.69) is 10.3 Å². The van der Waals surface area contributed by atoms with Crippen molar-refractivity contribution in [2.24, 2.45) is 0 Å². The van der Waals surface area contributed by atoms with E-state index >= 15 is 0 Å². The Labute approximate surface area is 159 Å². The number of rotatable bonds is 7. The van der Waals surface area contributed by atoms with Crippen LogP contribution in [0, 0.1) is 0 Å². The normalized spacial score (nSPS) is 10.8. The van der Waals surface area contributed by atoms with Crippen LogP contribution >= 0.6 is 23.1 Å². The van der Waals surface area contributed by atoms with Gasteiger partial charge < -0.3 is 10.1 Å². The van der Waals surface area contributed by atoms with E-state index < -0.39 is 0 Å². The molecule has 3 rings (SSSR count). The highest BCUT2D eigenvalue weighted by Crippen LogP contribution is 2.22. The average molecular weight is 390 g/mol. The first-order valence-corrected chi connectivity index (χ1v) is 10.0. The first kappa shape index (κ1) is 18.5. The number of amides is 1. The topological polar surface area (TPSA) is 73.2 Å². The summed E-state index contributed by atoms with van der Waals surface area (Å²) in [6.07, 6.45) is 0.821. The van der Waals surface area contributed by atoms with Crippen LogP contribution in [-0.2, 0) is 11.3 Å². The van der Waals surface area contributed by atoms with Crippen LogP contribution in [-0.4, -0.2) is 28.3 Å². The van der Waals surface area contributed by atoms with Gasteiger partial charge in [0.2, 0.25) is 5.91 Å². The van der Waals surface area contributed by atoms with Crippen LogP contribution in [0.15, 0.2) is 45.7 Å². The average Bonchev–Trinajstić information content (AvgIpc) is 3.11. The van der Waals surface area contributed by atoms with E-state index in [4.69, 9.17) is 4.74 Å². The Morgan fingerprint density at radius 3 is 3.00 bits per heavy atom. The summed E-state index contributed by atoms with van der Waals surface area (Å²) in [4.78, 5) is 29.4. The lowest BCUT2D eigenvalue weighted by atomic mass is 10.3. The van der Waals surface area contributed by atoms with Crippen molar-refractivity contribution in [2.45, 2.75) is 25.0 Å². The first-order chi connectivity index (χ1) is 12.6. The van der Waals surface area contributed by atoms with Crippen LogP contribution in [0.5, 0.6) is 5.75 Å². The molecule has 6 nitrogen and oxygen atoms in total. The fourth-order valence-electron chi connectivity index (χ4n) is 2.48. The second kappa shape index (κ2) is 8.37. The molecule has 8 heteroatoms. The number of carbonyl (C=O) groups is 1. The number of ether oxygens (including phenoxy) is 1. The Kier molecular flexibility index (Phi) is 5.95. The number of anilines is 1. The van der Waals surface area contributed by atoms with E-state index in [0.717, 1.165) is 6.42 Å². The molecule has 1 N–H and O–H groups in total. The zero-order chi connectivity index (χ0) is 18.5. The minimum absolute atomic E-state index is 0.0393. The molecule has 0 atom stereocenters. The molecule has 1 amide bonds. The van der Waals surface area contributed by atoms with Gasteiger partial charge in [-0.05, 0) is 30.0 Å². The van der Waals surface area contributed by atoms with Crippen LogP contribution in [0.3, 0.4) is 0 Å². The van der Waals surface area contributed by atoms with Crippen LogP contribution < -0.4 is 15.6 Å². The van der Waals surface area contributed by atoms with Crippen molar-refractivity contribution in [3.05, 3.63) is 46.1 Å². The van der Waals surface area contributed by atoms with Gasteiger partial charge in [0.05, 0.1) is 18.4 Å². The Morgan fingerprint density at radius 1 is 1.38 bits per heavy atom. The number of hydrogen-bond acceptors (Lipinski definition) is 6. The fraction of sp³-hybridized carbons (Fsp3) is 0.278. The summed E-state index contributed by atoms with van der Waals surface area (Å²) >= 11 is 2.67. The number of benzene rings is 1. The summed E-state index contributed by atoms with van der Waals surface area (Å²) < 4.78 is 7.46. The lowest BCUT2D eigenvalue weighted by molar-refractivity contribution is -0.113. The summed E-state index contributed by atoms with van der Waals surface area (Å²) in [5.41, 5.74) is 1.31. The third kappa shape index (κ3) is 4.08. The van der Waals surface area contributed by atoms with Crippen molar-refractivity contribution in [3.8, 4) is 5.75 Å². The Balaban J connectivity index is 1.75. The van der Waals surface area contributed by atoms with Gasteiger partial charge in [-0.15, -0.1) is 11.3 Å². The number of methoxy groups -OCH3 is 1. The van der Waals surface area contributed by atoms with Crippen LogP contribution in [0.4, 0.5) is 5.69 Å². The lowest BCUT2D eigenvalue weighted by Gasteiger charge is -2.11. The number of hydrogen-bond donors (Lipinski definition) is 1. The van der Waals surface area contributed by atoms with Gasteiger partial charge in [-0.2, -0.15) is 0 Å². The smallest absolute Gasteiger partial charge is 0.272 e. The Bertz CT molecular complexity index is 981. The second-order valence-electron chi connectivity index (χ2n) is 5.55. The minimum atomic E-state index is -0.161. The van der Waals surface area contributed by atoms with E-state index in [1.807, 2.05) is 30.5 Å². The minimum Gasteiger partial charge on any atom is -0.497 e. The van der Waals surface area contributed by atoms with Crippen LogP contribution in [0.2, 0.25) is 0 Å². The maximum absolute atomic E-state index is 12.6. The van der Waals surface area contributed by atoms with Crippen LogP contribution in [0.1, 0.15) is 13.3 Å². The van der Waals surface area contributed by atoms with E-state index in [9.17, 15) is 9.59 Å². The maximum atomic E-state index is 12.6. The third-order valence-electron chi connectivity index (χ3n) is 3.66. The van der Waals surface area contributed by atoms with Gasteiger partial charge in [-0.3, -0.25) is 14.2 Å². The molecule has 1 aromatic carbocycles. The maximum Gasteiger partial charge on any atom is 0.272 e. The molecule has 0 aliphatic heterocycles. The molecule has 0 saturated heterocycles. The number of nitrogens with one attached hydrogen (secondary N) is 1. The molecule has 0 fully saturated rings. The van der Waals surface area contributed by atoms with Crippen molar-refractivity contribution < 1.29 is 9.53 Å². The Morgan fingerprint density at radius 2 is 2.23 bits per heavy atom. The van der Waals surface area contributed by atoms with Gasteiger partial charge in [0, 0.05) is 18.3 Å². The molecule has 0 radical (unpaired) electrons. The first-order valence-electron chi connectivity index (χ1n) is 8.17. The molecule has 0 bridgehead atoms. The molecule has 2 aromatic heterocycles. The molecular formula is C18H19N3O3S2. The lowest BCUT2D eigenvalue weighted by Crippen LogP contribution is -2.23. The number of thiophene rings is 1. The highest BCUT2D eigenvalue weighted by Gasteiger charge is 2.14. The largest absolute Gasteiger partial charge is 0.497 e. The van der Waals surface area contributed by atoms with Crippen molar-refractivity contribution >= 4 is 44.9 Å². The van der Waals surface area contributed by atoms with E-state index in [1.54, 1.807) is 23.8 Å². The zero-order valence-corrected chi connectivity index (χ0v) is 16.2. The fourth-order valence-corrected chi connectivity index (χ4v) is 4.09. The van der Waals surface area contributed by atoms with Crippen molar-refractivity contribution in [1.29, 1.82) is 0 Å². The summed E-state index contributed by atoms with van der Waals surface area (Å²) in [5.74, 6) is 0.686. The summed E-state index contributed by atoms with van der Waals surface area (Å²) in [5, 5.41) is 5.27. The van der Waals surface area contributed by atoms with Crippen molar-refractivity contribution in [3.63, 3.8) is 0 Å². The summed E-state index contributed by atoms with van der Waals surface area (Å²) in [6, 6.07) is 9.01. The third-order valence-corrected chi connectivity index (χ3v) is 5.53. The number of carbonyl (C=O) groups excluding carboxylic acids is 1. The molecule has 0 aliphatic rings. The number of nitrogens with zero attached hydrogens (tertiary/aromatic N) is 2. The Hall–Kier alpha value is -2.32. The molecule has 136 valence electrons. The predicted octanol–water partition coefficient (Wildman–Crippen LogP) is 3.61. The molecular weight excluding hydrogens is 370 g/mol. The van der Waals surface area contributed by atoms with Gasteiger partial charge in [-0.25, -0.2) is 4.98 Å². The highest BCUT2D eigenvalue weighted by atomic mass is 32.2. The second-order valence-corrected chi connectivity index (χ2v) is 7.41. The summed E-state index contributed by atoms with van der Waals surface area (Å²) in [7, 11) is 1.58. The standard InChI is InChI=1S/C18H19N3O3S2/c1-3-8-21-17(23)16-14(7-9-25-16)20-18(21)26-11-15(22)19-12-5-4-6-13(10-12)24-2/h4-7,9-10H,3,8,11H2,1-2H3,(H,19,22). The number of fused-ring (bicyclic) bond motifs is 1. The SMILES string of the molecule is CCCn1c(SCC(=O)Nc2cccc(OC)c2)nc2ccsc2c1=O. The number of aromatic nitrogens is 2. The number of thioether (sulfide) groups is 1. The molecule has 0 saturated carbocycles. The van der Waals surface area contributed by atoms with Gasteiger partial charge in [0.1, 0.15) is 10.4 Å². The quantitative estimate of drug-likeness (QED) is 0.494.